The summed E-state index contributed by atoms with van der Waals surface area (Å²) in [4.78, 5) is 28.1. The molecule has 2 atom stereocenters. The van der Waals surface area contributed by atoms with E-state index < -0.39 is 0 Å². The molecular weight excluding hydrogens is 310 g/mol. The molecule has 1 aliphatic rings. The molecule has 1 fully saturated rings. The third-order valence-corrected chi connectivity index (χ3v) is 5.62. The van der Waals surface area contributed by atoms with Crippen molar-refractivity contribution >= 4 is 17.5 Å². The van der Waals surface area contributed by atoms with E-state index in [1.54, 1.807) is 0 Å². The summed E-state index contributed by atoms with van der Waals surface area (Å²) in [5.41, 5.74) is 2.74. The van der Waals surface area contributed by atoms with E-state index in [2.05, 4.69) is 27.7 Å². The predicted octanol–water partition coefficient (Wildman–Crippen LogP) is 5.43. The van der Waals surface area contributed by atoms with Crippen LogP contribution in [0.25, 0.3) is 0 Å². The van der Waals surface area contributed by atoms with E-state index in [1.165, 1.54) is 4.90 Å². The first kappa shape index (κ1) is 19.7. The number of imide groups is 1. The molecule has 3 nitrogen and oxygen atoms in total. The number of hydrogen-bond donors (Lipinski definition) is 0. The van der Waals surface area contributed by atoms with Crippen molar-refractivity contribution in [3.8, 4) is 0 Å². The van der Waals surface area contributed by atoms with Gasteiger partial charge in [0.1, 0.15) is 0 Å². The number of amides is 2. The van der Waals surface area contributed by atoms with E-state index in [4.69, 9.17) is 0 Å². The van der Waals surface area contributed by atoms with Crippen LogP contribution in [0.3, 0.4) is 0 Å². The molecular formula is C22H33NO2. The van der Waals surface area contributed by atoms with Gasteiger partial charge in [0.2, 0.25) is 11.8 Å². The number of benzene rings is 1. The molecule has 1 aromatic carbocycles. The summed E-state index contributed by atoms with van der Waals surface area (Å²) in [7, 11) is 0. The molecule has 0 saturated carbocycles. The molecule has 2 amide bonds. The van der Waals surface area contributed by atoms with Gasteiger partial charge in [0, 0.05) is 0 Å². The van der Waals surface area contributed by atoms with Crippen LogP contribution in [-0.2, 0) is 9.59 Å². The topological polar surface area (TPSA) is 37.4 Å². The third kappa shape index (κ3) is 3.80. The average Bonchev–Trinajstić information content (AvgIpc) is 2.77. The molecule has 0 aromatic heterocycles. The first-order valence-electron chi connectivity index (χ1n) is 9.69. The van der Waals surface area contributed by atoms with E-state index >= 15 is 0 Å². The quantitative estimate of drug-likeness (QED) is 0.619. The lowest BCUT2D eigenvalue weighted by molar-refractivity contribution is -0.124. The van der Waals surface area contributed by atoms with Crippen molar-refractivity contribution in [2.24, 2.45) is 17.3 Å². The SMILES string of the molecule is CCCCC1C(=O)N(c2ccc(C)cc2C)C(=O)C1C(C)(C)CCC. The first-order chi connectivity index (χ1) is 11.7. The standard InChI is InChI=1S/C22H33NO2/c1-7-9-10-17-19(22(5,6)13-8-2)21(25)23(20(17)24)18-12-11-15(3)14-16(18)4/h11-12,14,17,19H,7-10,13H2,1-6H3. The van der Waals surface area contributed by atoms with Gasteiger partial charge >= 0.3 is 0 Å². The molecule has 0 spiro atoms. The number of anilines is 1. The lowest BCUT2D eigenvalue weighted by Gasteiger charge is -2.32. The first-order valence-corrected chi connectivity index (χ1v) is 9.69. The van der Waals surface area contributed by atoms with Crippen LogP contribution in [0.2, 0.25) is 0 Å². The van der Waals surface area contributed by atoms with Gasteiger partial charge in [0.25, 0.3) is 0 Å². The van der Waals surface area contributed by atoms with Crippen LogP contribution in [0.15, 0.2) is 18.2 Å². The Labute approximate surface area is 152 Å². The van der Waals surface area contributed by atoms with Gasteiger partial charge in [0.15, 0.2) is 0 Å². The van der Waals surface area contributed by atoms with Crippen molar-refractivity contribution < 1.29 is 9.59 Å². The predicted molar refractivity (Wildman–Crippen MR) is 104 cm³/mol. The third-order valence-electron chi connectivity index (χ3n) is 5.62. The molecule has 3 heteroatoms. The second-order valence-electron chi connectivity index (χ2n) is 8.27. The number of nitrogens with zero attached hydrogens (tertiary/aromatic N) is 1. The highest BCUT2D eigenvalue weighted by Gasteiger charge is 2.53. The Kier molecular flexibility index (Phi) is 6.08. The van der Waals surface area contributed by atoms with E-state index in [0.717, 1.165) is 48.9 Å². The second kappa shape index (κ2) is 7.72. The van der Waals surface area contributed by atoms with Crippen LogP contribution in [-0.4, -0.2) is 11.8 Å². The van der Waals surface area contributed by atoms with Gasteiger partial charge in [-0.1, -0.05) is 64.7 Å². The molecule has 0 bridgehead atoms. The average molecular weight is 344 g/mol. The molecule has 1 aromatic rings. The van der Waals surface area contributed by atoms with Gasteiger partial charge in [0.05, 0.1) is 17.5 Å². The largest absolute Gasteiger partial charge is 0.274 e. The molecule has 0 N–H and O–H groups in total. The zero-order valence-corrected chi connectivity index (χ0v) is 16.7. The Balaban J connectivity index is 2.46. The second-order valence-corrected chi connectivity index (χ2v) is 8.27. The number of carbonyl (C=O) groups excluding carboxylic acids is 2. The summed E-state index contributed by atoms with van der Waals surface area (Å²) in [5, 5.41) is 0. The fourth-order valence-electron chi connectivity index (χ4n) is 4.41. The van der Waals surface area contributed by atoms with Crippen LogP contribution in [0.4, 0.5) is 5.69 Å². The van der Waals surface area contributed by atoms with Gasteiger partial charge in [-0.2, -0.15) is 0 Å². The summed E-state index contributed by atoms with van der Waals surface area (Å²) in [6, 6.07) is 5.95. The summed E-state index contributed by atoms with van der Waals surface area (Å²) >= 11 is 0. The minimum absolute atomic E-state index is 0.000388. The monoisotopic (exact) mass is 343 g/mol. The van der Waals surface area contributed by atoms with E-state index in [1.807, 2.05) is 32.0 Å². The fourth-order valence-corrected chi connectivity index (χ4v) is 4.41. The summed E-state index contributed by atoms with van der Waals surface area (Å²) in [6.07, 6.45) is 4.82. The summed E-state index contributed by atoms with van der Waals surface area (Å²) < 4.78 is 0. The number of unbranched alkanes of at least 4 members (excludes halogenated alkanes) is 1. The number of carbonyl (C=O) groups is 2. The normalized spacial score (nSPS) is 21.3. The van der Waals surface area contributed by atoms with Gasteiger partial charge in [-0.15, -0.1) is 0 Å². The Morgan fingerprint density at radius 2 is 1.72 bits per heavy atom. The minimum Gasteiger partial charge on any atom is -0.274 e. The maximum absolute atomic E-state index is 13.4. The van der Waals surface area contributed by atoms with Crippen LogP contribution in [0, 0.1) is 31.1 Å². The Morgan fingerprint density at radius 1 is 1.04 bits per heavy atom. The minimum atomic E-state index is -0.216. The van der Waals surface area contributed by atoms with Crippen LogP contribution in [0.5, 0.6) is 0 Å². The van der Waals surface area contributed by atoms with Gasteiger partial charge in [-0.3, -0.25) is 9.59 Å². The maximum atomic E-state index is 13.4. The van der Waals surface area contributed by atoms with E-state index in [0.29, 0.717) is 0 Å². The van der Waals surface area contributed by atoms with Crippen molar-refractivity contribution in [1.29, 1.82) is 0 Å². The highest BCUT2D eigenvalue weighted by molar-refractivity contribution is 6.22. The Morgan fingerprint density at radius 3 is 2.28 bits per heavy atom. The molecule has 2 rings (SSSR count). The highest BCUT2D eigenvalue weighted by Crippen LogP contribution is 2.46. The Bertz CT molecular complexity index is 647. The molecule has 2 unspecified atom stereocenters. The molecule has 0 aliphatic carbocycles. The van der Waals surface area contributed by atoms with Gasteiger partial charge in [-0.25, -0.2) is 4.90 Å². The number of hydrogen-bond acceptors (Lipinski definition) is 2. The molecule has 138 valence electrons. The summed E-state index contributed by atoms with van der Waals surface area (Å²) in [6.45, 7) is 12.6. The van der Waals surface area contributed by atoms with Crippen molar-refractivity contribution in [2.45, 2.75) is 73.6 Å². The summed E-state index contributed by atoms with van der Waals surface area (Å²) in [5.74, 6) is -0.405. The molecule has 0 radical (unpaired) electrons. The molecule has 1 heterocycles. The van der Waals surface area contributed by atoms with Crippen LogP contribution >= 0.6 is 0 Å². The van der Waals surface area contributed by atoms with Crippen molar-refractivity contribution in [3.63, 3.8) is 0 Å². The van der Waals surface area contributed by atoms with Gasteiger partial charge < -0.3 is 0 Å². The maximum Gasteiger partial charge on any atom is 0.238 e. The van der Waals surface area contributed by atoms with Crippen molar-refractivity contribution in [2.75, 3.05) is 4.90 Å². The van der Waals surface area contributed by atoms with Crippen molar-refractivity contribution in [1.82, 2.24) is 0 Å². The van der Waals surface area contributed by atoms with Crippen molar-refractivity contribution in [3.05, 3.63) is 29.3 Å². The zero-order valence-electron chi connectivity index (χ0n) is 16.7. The molecule has 25 heavy (non-hydrogen) atoms. The Hall–Kier alpha value is -1.64. The molecule has 1 saturated heterocycles. The van der Waals surface area contributed by atoms with Gasteiger partial charge in [-0.05, 0) is 43.7 Å². The highest BCUT2D eigenvalue weighted by atomic mass is 16.2. The fraction of sp³-hybridized carbons (Fsp3) is 0.636. The number of aryl methyl sites for hydroxylation is 2. The van der Waals surface area contributed by atoms with E-state index in [-0.39, 0.29) is 29.1 Å². The zero-order chi connectivity index (χ0) is 18.8. The lowest BCUT2D eigenvalue weighted by Crippen LogP contribution is -2.36. The number of rotatable bonds is 7. The van der Waals surface area contributed by atoms with E-state index in [9.17, 15) is 9.59 Å². The van der Waals surface area contributed by atoms with Crippen LogP contribution < -0.4 is 4.90 Å². The van der Waals surface area contributed by atoms with Crippen LogP contribution in [0.1, 0.15) is 70.9 Å². The smallest absolute Gasteiger partial charge is 0.238 e. The lowest BCUT2D eigenvalue weighted by atomic mass is 9.69. The molecule has 1 aliphatic heterocycles.